The molecule has 0 aliphatic carbocycles. The summed E-state index contributed by atoms with van der Waals surface area (Å²) in [7, 11) is 0. The van der Waals surface area contributed by atoms with Gasteiger partial charge in [0.05, 0.1) is 0 Å². The van der Waals surface area contributed by atoms with Gasteiger partial charge in [0.25, 0.3) is 0 Å². The molecule has 5 heteroatoms. The number of nitrogens with zero attached hydrogens (tertiary/aromatic N) is 3. The molecule has 84 valence electrons. The number of hydrogen-bond acceptors (Lipinski definition) is 2. The van der Waals surface area contributed by atoms with Gasteiger partial charge in [-0.1, -0.05) is 0 Å². The average Bonchev–Trinajstić information content (AvgIpc) is 2.50. The van der Waals surface area contributed by atoms with Gasteiger partial charge in [-0.15, -0.1) is 0 Å². The molecule has 0 radical (unpaired) electrons. The first-order valence-corrected chi connectivity index (χ1v) is 5.14. The van der Waals surface area contributed by atoms with E-state index in [1.165, 1.54) is 0 Å². The van der Waals surface area contributed by atoms with E-state index in [1.807, 2.05) is 24.6 Å². The van der Waals surface area contributed by atoms with E-state index < -0.39 is 0 Å². The topological polar surface area (TPSA) is 68.2 Å². The summed E-state index contributed by atoms with van der Waals surface area (Å²) in [6, 6.07) is 0.529. The Morgan fingerprint density at radius 3 is 2.67 bits per heavy atom. The summed E-state index contributed by atoms with van der Waals surface area (Å²) in [6.07, 6.45) is 3.65. The number of nitrogens with two attached hydrogens (primary N) is 1. The Hall–Kier alpha value is -1.52. The zero-order valence-electron chi connectivity index (χ0n) is 9.73. The van der Waals surface area contributed by atoms with Crippen molar-refractivity contribution in [1.82, 2.24) is 9.55 Å². The molecule has 1 aromatic rings. The lowest BCUT2D eigenvalue weighted by Crippen LogP contribution is -2.26. The standard InChI is InChI=1S/C10H19N5/c1-7(2)13-9(11)14-10-12-5-6-15(10)8(3)4/h5-8H,1-4H3,(H3,11,12,13,14). The summed E-state index contributed by atoms with van der Waals surface area (Å²) in [5, 5.41) is 2.98. The van der Waals surface area contributed by atoms with Gasteiger partial charge >= 0.3 is 0 Å². The lowest BCUT2D eigenvalue weighted by molar-refractivity contribution is 0.608. The van der Waals surface area contributed by atoms with E-state index in [0.29, 0.717) is 12.0 Å². The van der Waals surface area contributed by atoms with E-state index in [2.05, 4.69) is 29.1 Å². The first-order valence-electron chi connectivity index (χ1n) is 5.14. The van der Waals surface area contributed by atoms with Gasteiger partial charge in [0, 0.05) is 24.5 Å². The van der Waals surface area contributed by atoms with Crippen molar-refractivity contribution in [2.45, 2.75) is 39.8 Å². The summed E-state index contributed by atoms with van der Waals surface area (Å²) in [4.78, 5) is 8.36. The highest BCUT2D eigenvalue weighted by Crippen LogP contribution is 2.11. The number of hydrogen-bond donors (Lipinski definition) is 2. The maximum Gasteiger partial charge on any atom is 0.209 e. The fraction of sp³-hybridized carbons (Fsp3) is 0.600. The molecule has 0 aromatic carbocycles. The third-order valence-electron chi connectivity index (χ3n) is 1.86. The van der Waals surface area contributed by atoms with Crippen LogP contribution in [0.15, 0.2) is 17.4 Å². The number of aromatic nitrogens is 2. The lowest BCUT2D eigenvalue weighted by atomic mass is 10.4. The molecule has 0 aliphatic rings. The molecule has 0 amide bonds. The first-order chi connectivity index (χ1) is 7.00. The molecule has 0 bridgehead atoms. The third-order valence-corrected chi connectivity index (χ3v) is 1.86. The van der Waals surface area contributed by atoms with Gasteiger partial charge < -0.3 is 10.3 Å². The lowest BCUT2D eigenvalue weighted by Gasteiger charge is -2.12. The number of nitrogens with one attached hydrogen (secondary N) is 1. The van der Waals surface area contributed by atoms with Crippen molar-refractivity contribution >= 4 is 11.9 Å². The summed E-state index contributed by atoms with van der Waals surface area (Å²) in [5.41, 5.74) is 5.72. The maximum absolute atomic E-state index is 5.72. The molecule has 0 unspecified atom stereocenters. The van der Waals surface area contributed by atoms with Gasteiger partial charge in [-0.3, -0.25) is 10.3 Å². The first kappa shape index (κ1) is 11.6. The largest absolute Gasteiger partial charge is 0.370 e. The van der Waals surface area contributed by atoms with Crippen molar-refractivity contribution in [3.05, 3.63) is 12.4 Å². The monoisotopic (exact) mass is 209 g/mol. The van der Waals surface area contributed by atoms with Gasteiger partial charge in [0.1, 0.15) is 0 Å². The third kappa shape index (κ3) is 3.27. The maximum atomic E-state index is 5.72. The second-order valence-corrected chi connectivity index (χ2v) is 3.98. The summed E-state index contributed by atoms with van der Waals surface area (Å²) >= 11 is 0. The molecule has 0 fully saturated rings. The van der Waals surface area contributed by atoms with E-state index in [0.717, 1.165) is 5.95 Å². The molecule has 1 rings (SSSR count). The van der Waals surface area contributed by atoms with E-state index in [9.17, 15) is 0 Å². The highest BCUT2D eigenvalue weighted by molar-refractivity contribution is 5.90. The van der Waals surface area contributed by atoms with Crippen molar-refractivity contribution in [1.29, 1.82) is 0 Å². The van der Waals surface area contributed by atoms with E-state index >= 15 is 0 Å². The average molecular weight is 209 g/mol. The Bertz CT molecular complexity index is 337. The van der Waals surface area contributed by atoms with Crippen molar-refractivity contribution in [2.24, 2.45) is 10.7 Å². The number of anilines is 1. The number of aliphatic imine (C=N–C) groups is 1. The van der Waals surface area contributed by atoms with Gasteiger partial charge in [0.15, 0.2) is 5.96 Å². The molecule has 3 N–H and O–H groups in total. The zero-order chi connectivity index (χ0) is 11.4. The predicted molar refractivity (Wildman–Crippen MR) is 63.0 cm³/mol. The molecule has 0 saturated heterocycles. The fourth-order valence-corrected chi connectivity index (χ4v) is 1.25. The van der Waals surface area contributed by atoms with Crippen LogP contribution in [0.1, 0.15) is 33.7 Å². The van der Waals surface area contributed by atoms with Crippen LogP contribution in [0.25, 0.3) is 0 Å². The Balaban J connectivity index is 2.76. The van der Waals surface area contributed by atoms with Crippen LogP contribution < -0.4 is 11.1 Å². The molecular weight excluding hydrogens is 190 g/mol. The summed E-state index contributed by atoms with van der Waals surface area (Å²) in [6.45, 7) is 8.12. The minimum atomic E-state index is 0.181. The Labute approximate surface area is 90.4 Å². The minimum absolute atomic E-state index is 0.181. The SMILES string of the molecule is CC(C)N=C(N)Nc1nccn1C(C)C. The molecule has 0 spiro atoms. The molecule has 0 saturated carbocycles. The zero-order valence-corrected chi connectivity index (χ0v) is 9.73. The minimum Gasteiger partial charge on any atom is -0.370 e. The second kappa shape index (κ2) is 4.82. The van der Waals surface area contributed by atoms with Gasteiger partial charge in [-0.2, -0.15) is 0 Å². The second-order valence-electron chi connectivity index (χ2n) is 3.98. The van der Waals surface area contributed by atoms with Crippen LogP contribution in [0.5, 0.6) is 0 Å². The van der Waals surface area contributed by atoms with Gasteiger partial charge in [-0.05, 0) is 27.7 Å². The molecule has 1 aromatic heterocycles. The number of imidazole rings is 1. The quantitative estimate of drug-likeness (QED) is 0.587. The highest BCUT2D eigenvalue weighted by Gasteiger charge is 2.06. The van der Waals surface area contributed by atoms with Crippen LogP contribution in [-0.2, 0) is 0 Å². The predicted octanol–water partition coefficient (Wildman–Crippen LogP) is 1.60. The van der Waals surface area contributed by atoms with Crippen molar-refractivity contribution < 1.29 is 0 Å². The molecular formula is C10H19N5. The molecule has 5 nitrogen and oxygen atoms in total. The van der Waals surface area contributed by atoms with E-state index in [4.69, 9.17) is 5.73 Å². The number of rotatable bonds is 3. The molecule has 15 heavy (non-hydrogen) atoms. The molecule has 1 heterocycles. The van der Waals surface area contributed by atoms with Gasteiger partial charge in [-0.25, -0.2) is 4.98 Å². The molecule has 0 aliphatic heterocycles. The normalized spacial score (nSPS) is 12.5. The van der Waals surface area contributed by atoms with Crippen LogP contribution in [0.4, 0.5) is 5.95 Å². The van der Waals surface area contributed by atoms with Crippen LogP contribution >= 0.6 is 0 Å². The number of guanidine groups is 1. The summed E-state index contributed by atoms with van der Waals surface area (Å²) in [5.74, 6) is 1.13. The van der Waals surface area contributed by atoms with Crippen LogP contribution in [0.3, 0.4) is 0 Å². The molecule has 0 atom stereocenters. The van der Waals surface area contributed by atoms with Crippen molar-refractivity contribution in [3.63, 3.8) is 0 Å². The summed E-state index contributed by atoms with van der Waals surface area (Å²) < 4.78 is 2.00. The Kier molecular flexibility index (Phi) is 3.71. The van der Waals surface area contributed by atoms with Crippen LogP contribution in [0.2, 0.25) is 0 Å². The van der Waals surface area contributed by atoms with Crippen LogP contribution in [-0.4, -0.2) is 21.6 Å². The van der Waals surface area contributed by atoms with Crippen LogP contribution in [0, 0.1) is 0 Å². The highest BCUT2D eigenvalue weighted by atomic mass is 15.3. The van der Waals surface area contributed by atoms with Crippen molar-refractivity contribution in [2.75, 3.05) is 5.32 Å². The van der Waals surface area contributed by atoms with Crippen molar-refractivity contribution in [3.8, 4) is 0 Å². The Morgan fingerprint density at radius 2 is 2.13 bits per heavy atom. The van der Waals surface area contributed by atoms with Gasteiger partial charge in [0.2, 0.25) is 5.95 Å². The van der Waals surface area contributed by atoms with E-state index in [-0.39, 0.29) is 6.04 Å². The van der Waals surface area contributed by atoms with E-state index in [1.54, 1.807) is 6.20 Å². The smallest absolute Gasteiger partial charge is 0.209 e. The fourth-order valence-electron chi connectivity index (χ4n) is 1.25. The Morgan fingerprint density at radius 1 is 1.47 bits per heavy atom.